The maximum atomic E-state index is 14.1. The number of hydrogen-bond donors (Lipinski definition) is 2. The maximum Gasteiger partial charge on any atom is 0.248 e. The summed E-state index contributed by atoms with van der Waals surface area (Å²) in [7, 11) is -3.67. The van der Waals surface area contributed by atoms with Gasteiger partial charge in [0, 0.05) is 30.8 Å². The summed E-state index contributed by atoms with van der Waals surface area (Å²) in [5.74, 6) is 0.0791. The summed E-state index contributed by atoms with van der Waals surface area (Å²) in [6, 6.07) is 11.0. The van der Waals surface area contributed by atoms with Gasteiger partial charge in [0.25, 0.3) is 0 Å². The lowest BCUT2D eigenvalue weighted by Crippen LogP contribution is -2.56. The number of nitrogens with two attached hydrogens (primary N) is 1. The standard InChI is InChI=1S/C27H36N6O3S/c1-18-17-33-24(29-25(18)19-12-13-21(28)15-19)16-22(30-33)23-11-7-8-14-32(23)26(34)27(2,31-37(3,35)36)20-9-5-4-6-10-20/h4-6,9-10,16-17,19,21,23,31H,7-8,11-15,28H2,1-3H3/t19?,21-,23-,27-/m0/s1. The van der Waals surface area contributed by atoms with Crippen LogP contribution in [0, 0.1) is 6.92 Å². The predicted octanol–water partition coefficient (Wildman–Crippen LogP) is 3.15. The number of sulfonamides is 1. The normalized spacial score (nSPS) is 24.3. The van der Waals surface area contributed by atoms with E-state index in [4.69, 9.17) is 15.8 Å². The third-order valence-corrected chi connectivity index (χ3v) is 8.60. The molecule has 0 radical (unpaired) electrons. The van der Waals surface area contributed by atoms with Gasteiger partial charge in [-0.15, -0.1) is 0 Å². The number of amides is 1. The largest absolute Gasteiger partial charge is 0.332 e. The molecule has 3 heterocycles. The fourth-order valence-electron chi connectivity index (χ4n) is 6.02. The van der Waals surface area contributed by atoms with E-state index in [2.05, 4.69) is 11.6 Å². The SMILES string of the molecule is Cc1cn2nc([C@@H]3CCCCN3C(=O)[C@@](C)(NS(C)(=O)=O)c3ccccc3)cc2nc1C1CC[C@H](N)C1. The van der Waals surface area contributed by atoms with E-state index >= 15 is 0 Å². The van der Waals surface area contributed by atoms with Gasteiger partial charge in [0.2, 0.25) is 15.9 Å². The lowest BCUT2D eigenvalue weighted by Gasteiger charge is -2.41. The lowest BCUT2D eigenvalue weighted by molar-refractivity contribution is -0.141. The van der Waals surface area contributed by atoms with E-state index < -0.39 is 15.6 Å². The molecule has 1 aliphatic carbocycles. The Bertz CT molecular complexity index is 1410. The van der Waals surface area contributed by atoms with Crippen LogP contribution in [0.5, 0.6) is 0 Å². The number of aromatic nitrogens is 3. The number of fused-ring (bicyclic) bond motifs is 1. The van der Waals surface area contributed by atoms with E-state index in [0.29, 0.717) is 18.0 Å². The maximum absolute atomic E-state index is 14.1. The van der Waals surface area contributed by atoms with Gasteiger partial charge in [-0.05, 0) is 63.5 Å². The molecule has 1 saturated heterocycles. The average molecular weight is 525 g/mol. The smallest absolute Gasteiger partial charge is 0.248 e. The van der Waals surface area contributed by atoms with Crippen LogP contribution < -0.4 is 10.5 Å². The van der Waals surface area contributed by atoms with E-state index in [1.165, 1.54) is 0 Å². The minimum Gasteiger partial charge on any atom is -0.332 e. The van der Waals surface area contributed by atoms with Crippen molar-refractivity contribution in [2.45, 2.75) is 75.9 Å². The highest BCUT2D eigenvalue weighted by Gasteiger charge is 2.44. The van der Waals surface area contributed by atoms with Gasteiger partial charge in [0.1, 0.15) is 5.54 Å². The van der Waals surface area contributed by atoms with Crippen LogP contribution in [-0.4, -0.2) is 52.7 Å². The Hall–Kier alpha value is -2.82. The van der Waals surface area contributed by atoms with Gasteiger partial charge in [-0.1, -0.05) is 30.3 Å². The first-order valence-electron chi connectivity index (χ1n) is 13.0. The van der Waals surface area contributed by atoms with E-state index in [9.17, 15) is 13.2 Å². The highest BCUT2D eigenvalue weighted by molar-refractivity contribution is 7.88. The van der Waals surface area contributed by atoms with Crippen molar-refractivity contribution in [1.82, 2.24) is 24.2 Å². The fraction of sp³-hybridized carbons (Fsp3) is 0.519. The Morgan fingerprint density at radius 1 is 1.16 bits per heavy atom. The Labute approximate surface area is 218 Å². The molecule has 4 atom stereocenters. The molecule has 1 amide bonds. The molecule has 1 saturated carbocycles. The van der Waals surface area contributed by atoms with Crippen molar-refractivity contribution in [2.75, 3.05) is 12.8 Å². The first-order chi connectivity index (χ1) is 17.5. The third-order valence-electron chi connectivity index (χ3n) is 7.82. The Kier molecular flexibility index (Phi) is 6.84. The molecule has 1 unspecified atom stereocenters. The van der Waals surface area contributed by atoms with Crippen LogP contribution >= 0.6 is 0 Å². The Morgan fingerprint density at radius 2 is 1.92 bits per heavy atom. The van der Waals surface area contributed by atoms with Crippen LogP contribution in [0.1, 0.15) is 79.9 Å². The van der Waals surface area contributed by atoms with Crippen molar-refractivity contribution in [3.8, 4) is 0 Å². The minimum absolute atomic E-state index is 0.226. The van der Waals surface area contributed by atoms with Gasteiger partial charge in [-0.2, -0.15) is 9.82 Å². The second-order valence-electron chi connectivity index (χ2n) is 10.8. The highest BCUT2D eigenvalue weighted by atomic mass is 32.2. The number of rotatable bonds is 6. The van der Waals surface area contributed by atoms with E-state index in [0.717, 1.165) is 67.4 Å². The summed E-state index contributed by atoms with van der Waals surface area (Å²) in [6.07, 6.45) is 8.67. The zero-order valence-corrected chi connectivity index (χ0v) is 22.5. The highest BCUT2D eigenvalue weighted by Crippen LogP contribution is 2.37. The van der Waals surface area contributed by atoms with Crippen LogP contribution in [0.15, 0.2) is 42.6 Å². The molecule has 37 heavy (non-hydrogen) atoms. The minimum atomic E-state index is -3.67. The van der Waals surface area contributed by atoms with Crippen molar-refractivity contribution in [2.24, 2.45) is 5.73 Å². The molecular weight excluding hydrogens is 488 g/mol. The van der Waals surface area contributed by atoms with Crippen molar-refractivity contribution < 1.29 is 13.2 Å². The number of carbonyl (C=O) groups is 1. The number of hydrogen-bond acceptors (Lipinski definition) is 6. The first kappa shape index (κ1) is 25.8. The van der Waals surface area contributed by atoms with Gasteiger partial charge in [0.15, 0.2) is 5.65 Å². The molecule has 3 aromatic rings. The number of piperidine rings is 1. The summed E-state index contributed by atoms with van der Waals surface area (Å²) < 4.78 is 29.1. The average Bonchev–Trinajstić information content (AvgIpc) is 3.48. The van der Waals surface area contributed by atoms with Crippen LogP contribution in [0.25, 0.3) is 5.65 Å². The number of aryl methyl sites for hydroxylation is 1. The third kappa shape index (κ3) is 5.15. The van der Waals surface area contributed by atoms with Gasteiger partial charge in [-0.3, -0.25) is 4.79 Å². The van der Waals surface area contributed by atoms with E-state index in [1.54, 1.807) is 28.5 Å². The van der Waals surface area contributed by atoms with Gasteiger partial charge >= 0.3 is 0 Å². The summed E-state index contributed by atoms with van der Waals surface area (Å²) in [5, 5.41) is 4.84. The predicted molar refractivity (Wildman–Crippen MR) is 142 cm³/mol. The number of likely N-dealkylation sites (tertiary alicyclic amines) is 1. The van der Waals surface area contributed by atoms with Crippen LogP contribution in [0.2, 0.25) is 0 Å². The van der Waals surface area contributed by atoms with E-state index in [1.807, 2.05) is 30.5 Å². The fourth-order valence-corrected chi connectivity index (χ4v) is 6.97. The topological polar surface area (TPSA) is 123 Å². The van der Waals surface area contributed by atoms with Crippen LogP contribution in [-0.2, 0) is 20.4 Å². The van der Waals surface area contributed by atoms with Crippen molar-refractivity contribution in [3.05, 3.63) is 65.1 Å². The molecule has 2 aliphatic rings. The number of carbonyl (C=O) groups excluding carboxylic acids is 1. The van der Waals surface area contributed by atoms with Crippen molar-refractivity contribution >= 4 is 21.6 Å². The summed E-state index contributed by atoms with van der Waals surface area (Å²) in [5.41, 5.74) is 9.02. The summed E-state index contributed by atoms with van der Waals surface area (Å²) in [6.45, 7) is 4.24. The summed E-state index contributed by atoms with van der Waals surface area (Å²) >= 11 is 0. The molecule has 2 fully saturated rings. The summed E-state index contributed by atoms with van der Waals surface area (Å²) in [4.78, 5) is 20.9. The quantitative estimate of drug-likeness (QED) is 0.511. The van der Waals surface area contributed by atoms with Gasteiger partial charge in [-0.25, -0.2) is 17.9 Å². The zero-order chi connectivity index (χ0) is 26.4. The molecular formula is C27H36N6O3S. The number of nitrogens with zero attached hydrogens (tertiary/aromatic N) is 4. The van der Waals surface area contributed by atoms with Crippen LogP contribution in [0.3, 0.4) is 0 Å². The second kappa shape index (κ2) is 9.81. The molecule has 3 N–H and O–H groups in total. The molecule has 1 aromatic carbocycles. The molecule has 5 rings (SSSR count). The molecule has 1 aliphatic heterocycles. The van der Waals surface area contributed by atoms with E-state index in [-0.39, 0.29) is 18.0 Å². The van der Waals surface area contributed by atoms with Crippen LogP contribution in [0.4, 0.5) is 0 Å². The molecule has 0 bridgehead atoms. The molecule has 2 aromatic heterocycles. The van der Waals surface area contributed by atoms with Gasteiger partial charge in [0.05, 0.1) is 23.7 Å². The zero-order valence-electron chi connectivity index (χ0n) is 21.7. The van der Waals surface area contributed by atoms with Crippen molar-refractivity contribution in [3.63, 3.8) is 0 Å². The Balaban J connectivity index is 1.51. The number of benzene rings is 1. The Morgan fingerprint density at radius 3 is 2.59 bits per heavy atom. The molecule has 0 spiro atoms. The monoisotopic (exact) mass is 524 g/mol. The molecule has 9 nitrogen and oxygen atoms in total. The van der Waals surface area contributed by atoms with Crippen molar-refractivity contribution in [1.29, 1.82) is 0 Å². The molecule has 198 valence electrons. The number of nitrogens with one attached hydrogen (secondary N) is 1. The second-order valence-corrected chi connectivity index (χ2v) is 12.6. The van der Waals surface area contributed by atoms with Gasteiger partial charge < -0.3 is 10.6 Å². The lowest BCUT2D eigenvalue weighted by atomic mass is 9.89. The molecule has 10 heteroatoms. The first-order valence-corrected chi connectivity index (χ1v) is 14.9.